The third-order valence-corrected chi connectivity index (χ3v) is 4.64. The second kappa shape index (κ2) is 5.13. The number of amides is 1. The molecule has 0 radical (unpaired) electrons. The lowest BCUT2D eigenvalue weighted by atomic mass is 10.1. The van der Waals surface area contributed by atoms with Gasteiger partial charge in [0.1, 0.15) is 11.5 Å². The number of fused-ring (bicyclic) bond motifs is 2. The van der Waals surface area contributed by atoms with Gasteiger partial charge in [0.15, 0.2) is 0 Å². The smallest absolute Gasteiger partial charge is 0.271 e. The minimum Gasteiger partial charge on any atom is -0.357 e. The Morgan fingerprint density at radius 1 is 1.18 bits per heavy atom. The van der Waals surface area contributed by atoms with E-state index in [1.54, 1.807) is 12.1 Å². The highest BCUT2D eigenvalue weighted by atomic mass is 19.1. The Labute approximate surface area is 128 Å². The fourth-order valence-corrected chi connectivity index (χ4v) is 3.51. The fraction of sp³-hybridized carbons (Fsp3) is 0.278. The molecule has 1 aromatic carbocycles. The lowest BCUT2D eigenvalue weighted by Gasteiger charge is -2.31. The molecule has 4 rings (SSSR count). The van der Waals surface area contributed by atoms with Crippen molar-refractivity contribution in [2.75, 3.05) is 0 Å². The molecule has 112 valence electrons. The predicted octanol–water partition coefficient (Wildman–Crippen LogP) is 3.75. The maximum Gasteiger partial charge on any atom is 0.271 e. The van der Waals surface area contributed by atoms with Crippen molar-refractivity contribution in [3.63, 3.8) is 0 Å². The van der Waals surface area contributed by atoms with Gasteiger partial charge in [0, 0.05) is 12.2 Å². The lowest BCUT2D eigenvalue weighted by Crippen LogP contribution is -2.42. The summed E-state index contributed by atoms with van der Waals surface area (Å²) in [5.41, 5.74) is 2.41. The van der Waals surface area contributed by atoms with E-state index >= 15 is 0 Å². The van der Waals surface area contributed by atoms with Crippen molar-refractivity contribution < 1.29 is 9.18 Å². The third-order valence-electron chi connectivity index (χ3n) is 4.64. The van der Waals surface area contributed by atoms with E-state index in [4.69, 9.17) is 0 Å². The van der Waals surface area contributed by atoms with E-state index in [2.05, 4.69) is 17.1 Å². The van der Waals surface area contributed by atoms with E-state index in [1.807, 2.05) is 17.2 Å². The van der Waals surface area contributed by atoms with Crippen LogP contribution in [-0.2, 0) is 0 Å². The molecule has 0 aliphatic carbocycles. The van der Waals surface area contributed by atoms with Gasteiger partial charge in [0.05, 0.1) is 6.04 Å². The van der Waals surface area contributed by atoms with Crippen LogP contribution in [0.3, 0.4) is 0 Å². The fourth-order valence-electron chi connectivity index (χ4n) is 3.51. The number of rotatable bonds is 2. The number of aromatic amines is 1. The molecule has 22 heavy (non-hydrogen) atoms. The summed E-state index contributed by atoms with van der Waals surface area (Å²) in [4.78, 5) is 17.8. The van der Waals surface area contributed by atoms with Crippen LogP contribution in [0.1, 0.15) is 29.8 Å². The van der Waals surface area contributed by atoms with Gasteiger partial charge in [0.25, 0.3) is 5.91 Å². The molecular weight excluding hydrogens is 279 g/mol. The topological polar surface area (TPSA) is 36.1 Å². The molecule has 1 N–H and O–H groups in total. The zero-order valence-electron chi connectivity index (χ0n) is 12.1. The predicted molar refractivity (Wildman–Crippen MR) is 82.9 cm³/mol. The number of carbonyl (C=O) groups is 1. The molecule has 3 heterocycles. The molecular formula is C18H17FN2O. The largest absolute Gasteiger partial charge is 0.357 e. The van der Waals surface area contributed by atoms with Crippen LogP contribution in [0.5, 0.6) is 0 Å². The van der Waals surface area contributed by atoms with Gasteiger partial charge in [-0.05, 0) is 48.6 Å². The lowest BCUT2D eigenvalue weighted by molar-refractivity contribution is 0.0683. The van der Waals surface area contributed by atoms with E-state index in [1.165, 1.54) is 12.1 Å². The standard InChI is InChI=1S/C18H17FN2O/c19-14-6-4-12(5-7-14)13-10-17(20-11-13)18(22)21-15-2-1-3-16(21)9-8-15/h1-2,4-7,10-11,15-16,20H,3,8-9H2. The van der Waals surface area contributed by atoms with Gasteiger partial charge in [-0.25, -0.2) is 4.39 Å². The summed E-state index contributed by atoms with van der Waals surface area (Å²) >= 11 is 0. The molecule has 1 aromatic heterocycles. The van der Waals surface area contributed by atoms with Crippen LogP contribution >= 0.6 is 0 Å². The molecule has 0 saturated carbocycles. The van der Waals surface area contributed by atoms with Crippen LogP contribution in [0.4, 0.5) is 4.39 Å². The minimum absolute atomic E-state index is 0.0604. The highest BCUT2D eigenvalue weighted by Gasteiger charge is 2.37. The number of hydrogen-bond acceptors (Lipinski definition) is 1. The Bertz CT molecular complexity index is 732. The number of carbonyl (C=O) groups excluding carboxylic acids is 1. The molecule has 1 fully saturated rings. The van der Waals surface area contributed by atoms with Crippen molar-refractivity contribution in [1.82, 2.24) is 9.88 Å². The summed E-state index contributed by atoms with van der Waals surface area (Å²) in [6.07, 6.45) is 9.22. The van der Waals surface area contributed by atoms with E-state index in [0.717, 1.165) is 30.4 Å². The molecule has 2 aromatic rings. The number of benzene rings is 1. The first kappa shape index (κ1) is 13.3. The molecule has 2 aliphatic rings. The summed E-state index contributed by atoms with van der Waals surface area (Å²) in [6, 6.07) is 8.73. The van der Waals surface area contributed by atoms with Crippen LogP contribution in [-0.4, -0.2) is 27.9 Å². The van der Waals surface area contributed by atoms with Crippen molar-refractivity contribution in [2.24, 2.45) is 0 Å². The van der Waals surface area contributed by atoms with E-state index in [9.17, 15) is 9.18 Å². The zero-order valence-corrected chi connectivity index (χ0v) is 12.1. The summed E-state index contributed by atoms with van der Waals surface area (Å²) in [7, 11) is 0. The summed E-state index contributed by atoms with van der Waals surface area (Å²) in [6.45, 7) is 0. The highest BCUT2D eigenvalue weighted by Crippen LogP contribution is 2.33. The SMILES string of the molecule is O=C(c1cc(-c2ccc(F)cc2)c[nH]1)N1C2C=CCC1CC2. The Morgan fingerprint density at radius 2 is 2.00 bits per heavy atom. The number of H-pyrrole nitrogens is 1. The maximum atomic E-state index is 13.0. The summed E-state index contributed by atoms with van der Waals surface area (Å²) in [5, 5.41) is 0. The molecule has 4 heteroatoms. The van der Waals surface area contributed by atoms with Crippen LogP contribution in [0.15, 0.2) is 48.7 Å². The average molecular weight is 296 g/mol. The molecule has 1 saturated heterocycles. The Kier molecular flexibility index (Phi) is 3.10. The molecule has 2 atom stereocenters. The average Bonchev–Trinajstić information content (AvgIpc) is 3.11. The van der Waals surface area contributed by atoms with Gasteiger partial charge < -0.3 is 9.88 Å². The Hall–Kier alpha value is -2.36. The van der Waals surface area contributed by atoms with Gasteiger partial charge in [-0.2, -0.15) is 0 Å². The van der Waals surface area contributed by atoms with Crippen molar-refractivity contribution in [1.29, 1.82) is 0 Å². The number of aromatic nitrogens is 1. The summed E-state index contributed by atoms with van der Waals surface area (Å²) in [5.74, 6) is -0.197. The second-order valence-electron chi connectivity index (χ2n) is 5.98. The zero-order chi connectivity index (χ0) is 15.1. The number of nitrogens with one attached hydrogen (secondary N) is 1. The highest BCUT2D eigenvalue weighted by molar-refractivity contribution is 5.95. The first-order valence-corrected chi connectivity index (χ1v) is 7.66. The van der Waals surface area contributed by atoms with Crippen molar-refractivity contribution >= 4 is 5.91 Å². The van der Waals surface area contributed by atoms with Gasteiger partial charge in [-0.15, -0.1) is 0 Å². The van der Waals surface area contributed by atoms with E-state index in [0.29, 0.717) is 11.7 Å². The quantitative estimate of drug-likeness (QED) is 0.842. The first-order valence-electron chi connectivity index (χ1n) is 7.66. The van der Waals surface area contributed by atoms with Crippen molar-refractivity contribution in [2.45, 2.75) is 31.3 Å². The van der Waals surface area contributed by atoms with Crippen molar-refractivity contribution in [3.05, 3.63) is 60.2 Å². The van der Waals surface area contributed by atoms with Gasteiger partial charge in [-0.1, -0.05) is 24.3 Å². The van der Waals surface area contributed by atoms with Crippen LogP contribution in [0, 0.1) is 5.82 Å². The molecule has 2 unspecified atom stereocenters. The summed E-state index contributed by atoms with van der Waals surface area (Å²) < 4.78 is 13.0. The third kappa shape index (κ3) is 2.15. The van der Waals surface area contributed by atoms with E-state index < -0.39 is 0 Å². The molecule has 1 amide bonds. The minimum atomic E-state index is -0.257. The Morgan fingerprint density at radius 3 is 2.77 bits per heavy atom. The van der Waals surface area contributed by atoms with Crippen LogP contribution < -0.4 is 0 Å². The molecule has 0 spiro atoms. The number of hydrogen-bond donors (Lipinski definition) is 1. The number of halogens is 1. The maximum absolute atomic E-state index is 13.0. The van der Waals surface area contributed by atoms with Gasteiger partial charge in [-0.3, -0.25) is 4.79 Å². The second-order valence-corrected chi connectivity index (χ2v) is 5.98. The molecule has 2 bridgehead atoms. The monoisotopic (exact) mass is 296 g/mol. The normalized spacial score (nSPS) is 23.0. The van der Waals surface area contributed by atoms with Gasteiger partial charge >= 0.3 is 0 Å². The number of nitrogens with zero attached hydrogens (tertiary/aromatic N) is 1. The van der Waals surface area contributed by atoms with Crippen LogP contribution in [0.2, 0.25) is 0 Å². The Balaban J connectivity index is 1.60. The first-order chi connectivity index (χ1) is 10.7. The van der Waals surface area contributed by atoms with Gasteiger partial charge in [0.2, 0.25) is 0 Å². The van der Waals surface area contributed by atoms with Crippen molar-refractivity contribution in [3.8, 4) is 11.1 Å². The molecule has 2 aliphatic heterocycles. The van der Waals surface area contributed by atoms with E-state index in [-0.39, 0.29) is 17.8 Å². The van der Waals surface area contributed by atoms with Crippen LogP contribution in [0.25, 0.3) is 11.1 Å². The molecule has 3 nitrogen and oxygen atoms in total.